The van der Waals surface area contributed by atoms with Gasteiger partial charge in [-0.3, -0.25) is 9.59 Å². The van der Waals surface area contributed by atoms with E-state index in [1.54, 1.807) is 29.8 Å². The summed E-state index contributed by atoms with van der Waals surface area (Å²) in [6.07, 6.45) is 0. The number of anilines is 1. The van der Waals surface area contributed by atoms with Gasteiger partial charge in [0.2, 0.25) is 5.91 Å². The van der Waals surface area contributed by atoms with Crippen LogP contribution < -0.4 is 20.1 Å². The average molecular weight is 492 g/mol. The van der Waals surface area contributed by atoms with E-state index in [9.17, 15) is 9.59 Å². The molecule has 4 rings (SSSR count). The Labute approximate surface area is 206 Å². The minimum absolute atomic E-state index is 0.142. The van der Waals surface area contributed by atoms with E-state index in [0.29, 0.717) is 28.0 Å². The van der Waals surface area contributed by atoms with E-state index >= 15 is 0 Å². The predicted molar refractivity (Wildman–Crippen MR) is 135 cm³/mol. The predicted octanol–water partition coefficient (Wildman–Crippen LogP) is 3.65. The summed E-state index contributed by atoms with van der Waals surface area (Å²) in [4.78, 5) is 25.0. The van der Waals surface area contributed by atoms with Gasteiger partial charge < -0.3 is 24.7 Å². The number of benzene rings is 3. The fraction of sp³-hybridized carbons (Fsp3) is 0.200. The summed E-state index contributed by atoms with van der Waals surface area (Å²) in [6.45, 7) is 0.181. The summed E-state index contributed by atoms with van der Waals surface area (Å²) < 4.78 is 12.2. The maximum absolute atomic E-state index is 12.6. The van der Waals surface area contributed by atoms with Crippen LogP contribution in [-0.2, 0) is 18.4 Å². The largest absolute Gasteiger partial charge is 0.493 e. The van der Waals surface area contributed by atoms with Gasteiger partial charge in [-0.1, -0.05) is 42.1 Å². The number of aromatic nitrogens is 3. The van der Waals surface area contributed by atoms with Crippen molar-refractivity contribution >= 4 is 40.0 Å². The van der Waals surface area contributed by atoms with Gasteiger partial charge >= 0.3 is 0 Å². The molecule has 0 unspecified atom stereocenters. The van der Waals surface area contributed by atoms with Crippen LogP contribution in [0.3, 0.4) is 0 Å². The number of thioether (sulfide) groups is 1. The summed E-state index contributed by atoms with van der Waals surface area (Å²) in [7, 11) is 4.84. The van der Waals surface area contributed by atoms with Crippen LogP contribution in [0.25, 0.3) is 10.8 Å². The third kappa shape index (κ3) is 5.72. The lowest BCUT2D eigenvalue weighted by molar-refractivity contribution is -0.113. The molecule has 0 aliphatic carbocycles. The molecule has 9 nitrogen and oxygen atoms in total. The Hall–Kier alpha value is -4.05. The van der Waals surface area contributed by atoms with Crippen LogP contribution in [0.5, 0.6) is 11.5 Å². The topological polar surface area (TPSA) is 107 Å². The number of carbonyl (C=O) groups excluding carboxylic acids is 2. The van der Waals surface area contributed by atoms with Crippen LogP contribution in [-0.4, -0.2) is 46.6 Å². The third-order valence-corrected chi connectivity index (χ3v) is 6.36. The molecule has 1 heterocycles. The third-order valence-electron chi connectivity index (χ3n) is 5.34. The molecule has 2 N–H and O–H groups in total. The van der Waals surface area contributed by atoms with E-state index in [-0.39, 0.29) is 24.1 Å². The number of hydrogen-bond acceptors (Lipinski definition) is 7. The smallest absolute Gasteiger partial charge is 0.251 e. The van der Waals surface area contributed by atoms with Crippen LogP contribution >= 0.6 is 11.8 Å². The van der Waals surface area contributed by atoms with Crippen LogP contribution in [0.15, 0.2) is 65.8 Å². The van der Waals surface area contributed by atoms with Gasteiger partial charge in [-0.25, -0.2) is 0 Å². The van der Waals surface area contributed by atoms with Crippen molar-refractivity contribution in [3.05, 3.63) is 72.1 Å². The van der Waals surface area contributed by atoms with E-state index in [2.05, 4.69) is 20.8 Å². The zero-order valence-electron chi connectivity index (χ0n) is 19.6. The van der Waals surface area contributed by atoms with Crippen molar-refractivity contribution in [2.75, 3.05) is 25.3 Å². The van der Waals surface area contributed by atoms with Gasteiger partial charge in [-0.05, 0) is 41.1 Å². The summed E-state index contributed by atoms with van der Waals surface area (Å²) in [5.41, 5.74) is 1.18. The van der Waals surface area contributed by atoms with Gasteiger partial charge in [0, 0.05) is 18.3 Å². The van der Waals surface area contributed by atoms with Crippen molar-refractivity contribution in [2.24, 2.45) is 7.05 Å². The molecule has 180 valence electrons. The Balaban J connectivity index is 1.31. The summed E-state index contributed by atoms with van der Waals surface area (Å²) in [5.74, 6) is 1.34. The minimum Gasteiger partial charge on any atom is -0.493 e. The first-order valence-electron chi connectivity index (χ1n) is 10.8. The zero-order chi connectivity index (χ0) is 24.8. The molecule has 4 aromatic rings. The second-order valence-corrected chi connectivity index (χ2v) is 8.55. The number of methoxy groups -OCH3 is 2. The Morgan fingerprint density at radius 3 is 2.49 bits per heavy atom. The molecule has 0 fully saturated rings. The highest BCUT2D eigenvalue weighted by molar-refractivity contribution is 7.99. The molecule has 0 aliphatic heterocycles. The molecular formula is C25H25N5O4S. The van der Waals surface area contributed by atoms with Gasteiger partial charge in [-0.15, -0.1) is 10.2 Å². The number of amides is 2. The van der Waals surface area contributed by atoms with E-state index in [4.69, 9.17) is 9.47 Å². The van der Waals surface area contributed by atoms with Crippen LogP contribution in [0, 0.1) is 0 Å². The molecule has 0 radical (unpaired) electrons. The van der Waals surface area contributed by atoms with E-state index in [0.717, 1.165) is 16.5 Å². The maximum Gasteiger partial charge on any atom is 0.251 e. The lowest BCUT2D eigenvalue weighted by Crippen LogP contribution is -2.24. The molecule has 0 saturated heterocycles. The molecule has 0 bridgehead atoms. The molecular weight excluding hydrogens is 466 g/mol. The number of hydrogen-bond donors (Lipinski definition) is 2. The van der Waals surface area contributed by atoms with Crippen molar-refractivity contribution in [1.29, 1.82) is 0 Å². The first-order chi connectivity index (χ1) is 17.0. The Bertz CT molecular complexity index is 1370. The molecule has 0 aliphatic rings. The molecule has 2 amide bonds. The van der Waals surface area contributed by atoms with E-state index in [1.165, 1.54) is 26.0 Å². The zero-order valence-corrected chi connectivity index (χ0v) is 20.4. The normalized spacial score (nSPS) is 10.7. The monoisotopic (exact) mass is 491 g/mol. The first kappa shape index (κ1) is 24.1. The Morgan fingerprint density at radius 2 is 1.71 bits per heavy atom. The van der Waals surface area contributed by atoms with Crippen LogP contribution in [0.2, 0.25) is 0 Å². The van der Waals surface area contributed by atoms with Gasteiger partial charge in [0.15, 0.2) is 22.5 Å². The number of ether oxygens (including phenoxy) is 2. The quantitative estimate of drug-likeness (QED) is 0.344. The molecule has 3 aromatic carbocycles. The molecule has 35 heavy (non-hydrogen) atoms. The lowest BCUT2D eigenvalue weighted by Gasteiger charge is -2.10. The van der Waals surface area contributed by atoms with Crippen molar-refractivity contribution < 1.29 is 19.1 Å². The molecule has 1 aromatic heterocycles. The molecule has 0 saturated carbocycles. The van der Waals surface area contributed by atoms with E-state index in [1.807, 2.05) is 42.5 Å². The van der Waals surface area contributed by atoms with Gasteiger partial charge in [0.1, 0.15) is 0 Å². The highest BCUT2D eigenvalue weighted by Gasteiger charge is 2.15. The van der Waals surface area contributed by atoms with Crippen LogP contribution in [0.1, 0.15) is 16.2 Å². The van der Waals surface area contributed by atoms with Gasteiger partial charge in [0.05, 0.1) is 26.5 Å². The van der Waals surface area contributed by atoms with Crippen molar-refractivity contribution in [1.82, 2.24) is 20.1 Å². The first-order valence-corrected chi connectivity index (χ1v) is 11.8. The minimum atomic E-state index is -0.280. The highest BCUT2D eigenvalue weighted by Crippen LogP contribution is 2.27. The number of carbonyl (C=O) groups is 2. The van der Waals surface area contributed by atoms with Crippen molar-refractivity contribution in [3.63, 3.8) is 0 Å². The number of nitrogens with zero attached hydrogens (tertiary/aromatic N) is 3. The number of fused-ring (bicyclic) bond motifs is 1. The highest BCUT2D eigenvalue weighted by atomic mass is 32.2. The van der Waals surface area contributed by atoms with Crippen LogP contribution in [0.4, 0.5) is 5.69 Å². The lowest BCUT2D eigenvalue weighted by atomic mass is 10.1. The number of nitrogens with one attached hydrogen (secondary N) is 2. The SMILES string of the molecule is COc1ccc(C(=O)NCc2nnc(SCC(=O)Nc3ccc4ccccc4c3)n2C)cc1OC. The standard InChI is InChI=1S/C25H25N5O4S/c1-30-22(14-26-24(32)18-9-11-20(33-2)21(13-18)34-3)28-29-25(30)35-15-23(31)27-19-10-8-16-6-4-5-7-17(16)12-19/h4-13H,14-15H2,1-3H3,(H,26,32)(H,27,31). The summed E-state index contributed by atoms with van der Waals surface area (Å²) >= 11 is 1.27. The molecule has 0 atom stereocenters. The van der Waals surface area contributed by atoms with Gasteiger partial charge in [-0.2, -0.15) is 0 Å². The van der Waals surface area contributed by atoms with Gasteiger partial charge in [0.25, 0.3) is 5.91 Å². The average Bonchev–Trinajstić information content (AvgIpc) is 3.24. The summed E-state index contributed by atoms with van der Waals surface area (Å²) in [5, 5.41) is 16.8. The van der Waals surface area contributed by atoms with Crippen molar-refractivity contribution in [2.45, 2.75) is 11.7 Å². The Kier molecular flexibility index (Phi) is 7.51. The number of rotatable bonds is 9. The second-order valence-electron chi connectivity index (χ2n) is 7.61. The van der Waals surface area contributed by atoms with Crippen molar-refractivity contribution in [3.8, 4) is 11.5 Å². The van der Waals surface area contributed by atoms with E-state index < -0.39 is 0 Å². The fourth-order valence-electron chi connectivity index (χ4n) is 3.46. The molecule has 0 spiro atoms. The Morgan fingerprint density at radius 1 is 0.943 bits per heavy atom. The summed E-state index contributed by atoms with van der Waals surface area (Å²) in [6, 6.07) is 18.7. The fourth-order valence-corrected chi connectivity index (χ4v) is 4.19. The molecule has 10 heteroatoms. The maximum atomic E-state index is 12.6. The second kappa shape index (κ2) is 10.9.